The van der Waals surface area contributed by atoms with E-state index in [-0.39, 0.29) is 17.9 Å². The normalized spacial score (nSPS) is 18.9. The zero-order chi connectivity index (χ0) is 20.4. The summed E-state index contributed by atoms with van der Waals surface area (Å²) < 4.78 is 13.0. The van der Waals surface area contributed by atoms with E-state index in [9.17, 15) is 4.79 Å². The fraction of sp³-hybridized carbons (Fsp3) is 0.304. The van der Waals surface area contributed by atoms with Gasteiger partial charge in [-0.3, -0.25) is 4.79 Å². The summed E-state index contributed by atoms with van der Waals surface area (Å²) in [5.41, 5.74) is 2.89. The van der Waals surface area contributed by atoms with Crippen LogP contribution in [0.15, 0.2) is 60.9 Å². The number of amides is 1. The molecule has 1 aromatic heterocycles. The number of hydrogen-bond acceptors (Lipinski definition) is 4. The lowest BCUT2D eigenvalue weighted by Crippen LogP contribution is -2.29. The van der Waals surface area contributed by atoms with Gasteiger partial charge in [0, 0.05) is 24.2 Å². The molecule has 2 unspecified atom stereocenters. The van der Waals surface area contributed by atoms with Gasteiger partial charge in [0.05, 0.1) is 37.7 Å². The number of carbonyl (C=O) groups is 1. The van der Waals surface area contributed by atoms with Crippen molar-refractivity contribution in [2.75, 3.05) is 14.2 Å². The van der Waals surface area contributed by atoms with E-state index in [1.165, 1.54) is 0 Å². The number of para-hydroxylation sites is 1. The molecule has 6 nitrogen and oxygen atoms in total. The van der Waals surface area contributed by atoms with Crippen LogP contribution in [0.3, 0.4) is 0 Å². The van der Waals surface area contributed by atoms with Gasteiger partial charge in [-0.05, 0) is 30.7 Å². The summed E-state index contributed by atoms with van der Waals surface area (Å²) in [6, 6.07) is 15.6. The lowest BCUT2D eigenvalue weighted by atomic mass is 9.98. The predicted octanol–water partition coefficient (Wildman–Crippen LogP) is 4.00. The van der Waals surface area contributed by atoms with Gasteiger partial charge >= 0.3 is 0 Å². The molecule has 1 saturated heterocycles. The number of benzene rings is 2. The Morgan fingerprint density at radius 3 is 2.38 bits per heavy atom. The molecule has 1 fully saturated rings. The summed E-state index contributed by atoms with van der Waals surface area (Å²) in [5, 5.41) is 4.47. The highest BCUT2D eigenvalue weighted by atomic mass is 16.5. The molecule has 0 radical (unpaired) electrons. The van der Waals surface area contributed by atoms with E-state index in [2.05, 4.69) is 5.10 Å². The topological polar surface area (TPSA) is 56.6 Å². The zero-order valence-corrected chi connectivity index (χ0v) is 16.9. The Hall–Kier alpha value is -3.28. The van der Waals surface area contributed by atoms with E-state index in [1.807, 2.05) is 77.4 Å². The second-order valence-corrected chi connectivity index (χ2v) is 7.32. The highest BCUT2D eigenvalue weighted by Gasteiger charge is 2.40. The molecule has 2 aromatic carbocycles. The first-order valence-electron chi connectivity index (χ1n) is 9.72. The maximum absolute atomic E-state index is 13.0. The third-order valence-corrected chi connectivity index (χ3v) is 5.47. The zero-order valence-electron chi connectivity index (χ0n) is 16.9. The van der Waals surface area contributed by atoms with Crippen molar-refractivity contribution in [1.82, 2.24) is 14.7 Å². The Kier molecular flexibility index (Phi) is 5.25. The summed E-state index contributed by atoms with van der Waals surface area (Å²) in [6.45, 7) is 2.46. The van der Waals surface area contributed by atoms with E-state index in [0.29, 0.717) is 6.54 Å². The molecule has 0 aliphatic carbocycles. The largest absolute Gasteiger partial charge is 0.496 e. The average molecular weight is 391 g/mol. The van der Waals surface area contributed by atoms with Crippen LogP contribution in [0.1, 0.15) is 30.5 Å². The molecule has 6 heteroatoms. The Morgan fingerprint density at radius 1 is 1.03 bits per heavy atom. The fourth-order valence-electron chi connectivity index (χ4n) is 4.03. The van der Waals surface area contributed by atoms with E-state index in [1.54, 1.807) is 14.2 Å². The van der Waals surface area contributed by atoms with Crippen molar-refractivity contribution in [3.63, 3.8) is 0 Å². The van der Waals surface area contributed by atoms with Crippen molar-refractivity contribution in [3.05, 3.63) is 72.1 Å². The quantitative estimate of drug-likeness (QED) is 0.637. The van der Waals surface area contributed by atoms with Crippen molar-refractivity contribution in [2.45, 2.75) is 25.9 Å². The van der Waals surface area contributed by atoms with Crippen LogP contribution >= 0.6 is 0 Å². The summed E-state index contributed by atoms with van der Waals surface area (Å²) >= 11 is 0. The number of methoxy groups -OCH3 is 2. The summed E-state index contributed by atoms with van der Waals surface area (Å²) in [5.74, 6) is 1.55. The van der Waals surface area contributed by atoms with Gasteiger partial charge in [0.15, 0.2) is 0 Å². The molecule has 2 atom stereocenters. The standard InChI is InChI=1S/C23H25N3O3/c1-16-12-19(22-20(28-2)10-7-11-21(22)29-3)25(23(16)27)14-17-13-24-26(15-17)18-8-5-4-6-9-18/h4-11,13,15-16,19H,12,14H2,1-3H3. The molecule has 29 heavy (non-hydrogen) atoms. The van der Waals surface area contributed by atoms with Gasteiger partial charge in [0.25, 0.3) is 0 Å². The first kappa shape index (κ1) is 19.1. The second kappa shape index (κ2) is 7.99. The second-order valence-electron chi connectivity index (χ2n) is 7.32. The van der Waals surface area contributed by atoms with Gasteiger partial charge in [-0.1, -0.05) is 31.2 Å². The molecule has 4 rings (SSSR count). The van der Waals surface area contributed by atoms with Gasteiger partial charge < -0.3 is 14.4 Å². The fourth-order valence-corrected chi connectivity index (χ4v) is 4.03. The van der Waals surface area contributed by atoms with Crippen molar-refractivity contribution in [2.24, 2.45) is 5.92 Å². The lowest BCUT2D eigenvalue weighted by Gasteiger charge is -2.27. The Bertz CT molecular complexity index is 977. The van der Waals surface area contributed by atoms with Crippen molar-refractivity contribution < 1.29 is 14.3 Å². The first-order chi connectivity index (χ1) is 14.1. The van der Waals surface area contributed by atoms with Crippen molar-refractivity contribution in [1.29, 1.82) is 0 Å². The van der Waals surface area contributed by atoms with E-state index in [0.717, 1.165) is 34.7 Å². The van der Waals surface area contributed by atoms with Gasteiger partial charge in [0.2, 0.25) is 5.91 Å². The van der Waals surface area contributed by atoms with Crippen molar-refractivity contribution >= 4 is 5.91 Å². The molecule has 150 valence electrons. The molecule has 3 aromatic rings. The molecule has 1 amide bonds. The van der Waals surface area contributed by atoms with E-state index >= 15 is 0 Å². The summed E-state index contributed by atoms with van der Waals surface area (Å²) in [7, 11) is 3.29. The van der Waals surface area contributed by atoms with E-state index in [4.69, 9.17) is 9.47 Å². The molecule has 0 saturated carbocycles. The van der Waals surface area contributed by atoms with Crippen LogP contribution in [-0.2, 0) is 11.3 Å². The molecule has 0 N–H and O–H groups in total. The Labute approximate surface area is 170 Å². The number of nitrogens with zero attached hydrogens (tertiary/aromatic N) is 3. The van der Waals surface area contributed by atoms with Crippen LogP contribution in [0.4, 0.5) is 0 Å². The number of likely N-dealkylation sites (tertiary alicyclic amines) is 1. The molecular weight excluding hydrogens is 366 g/mol. The molecule has 2 heterocycles. The van der Waals surface area contributed by atoms with Crippen LogP contribution in [0, 0.1) is 5.92 Å². The minimum Gasteiger partial charge on any atom is -0.496 e. The van der Waals surface area contributed by atoms with Crippen LogP contribution in [0.25, 0.3) is 5.69 Å². The average Bonchev–Trinajstić information content (AvgIpc) is 3.34. The van der Waals surface area contributed by atoms with E-state index < -0.39 is 0 Å². The Balaban J connectivity index is 1.66. The number of rotatable bonds is 6. The molecule has 0 bridgehead atoms. The number of hydrogen-bond donors (Lipinski definition) is 0. The highest BCUT2D eigenvalue weighted by Crippen LogP contribution is 2.45. The van der Waals surface area contributed by atoms with Gasteiger partial charge in [0.1, 0.15) is 11.5 Å². The number of aromatic nitrogens is 2. The van der Waals surface area contributed by atoms with Gasteiger partial charge in [-0.2, -0.15) is 5.10 Å². The third-order valence-electron chi connectivity index (χ3n) is 5.47. The highest BCUT2D eigenvalue weighted by molar-refractivity contribution is 5.82. The van der Waals surface area contributed by atoms with Crippen molar-refractivity contribution in [3.8, 4) is 17.2 Å². The SMILES string of the molecule is COc1cccc(OC)c1C1CC(C)C(=O)N1Cc1cnn(-c2ccccc2)c1. The summed E-state index contributed by atoms with van der Waals surface area (Å²) in [6.07, 6.45) is 4.52. The van der Waals surface area contributed by atoms with Crippen LogP contribution in [0.5, 0.6) is 11.5 Å². The predicted molar refractivity (Wildman–Crippen MR) is 110 cm³/mol. The maximum Gasteiger partial charge on any atom is 0.226 e. The van der Waals surface area contributed by atoms with Crippen LogP contribution in [0.2, 0.25) is 0 Å². The van der Waals surface area contributed by atoms with Gasteiger partial charge in [-0.25, -0.2) is 4.68 Å². The van der Waals surface area contributed by atoms with Gasteiger partial charge in [-0.15, -0.1) is 0 Å². The monoisotopic (exact) mass is 391 g/mol. The summed E-state index contributed by atoms with van der Waals surface area (Å²) in [4.78, 5) is 14.9. The molecular formula is C23H25N3O3. The number of carbonyl (C=O) groups excluding carboxylic acids is 1. The number of ether oxygens (including phenoxy) is 2. The van der Waals surface area contributed by atoms with Crippen LogP contribution < -0.4 is 9.47 Å². The Morgan fingerprint density at radius 2 is 1.72 bits per heavy atom. The van der Waals surface area contributed by atoms with Crippen LogP contribution in [-0.4, -0.2) is 34.8 Å². The minimum absolute atomic E-state index is 0.0567. The minimum atomic E-state index is -0.108. The molecule has 0 spiro atoms. The molecule has 1 aliphatic rings. The maximum atomic E-state index is 13.0. The molecule has 1 aliphatic heterocycles. The third kappa shape index (κ3) is 3.58. The smallest absolute Gasteiger partial charge is 0.226 e. The lowest BCUT2D eigenvalue weighted by molar-refractivity contribution is -0.132. The first-order valence-corrected chi connectivity index (χ1v) is 9.72.